The normalized spacial score (nSPS) is 19.9. The Morgan fingerprint density at radius 3 is 1.87 bits per heavy atom. The van der Waals surface area contributed by atoms with E-state index >= 15 is 0 Å². The number of likely N-dealkylation sites (tertiary alicyclic amines) is 1. The van der Waals surface area contributed by atoms with Crippen LogP contribution in [0.25, 0.3) is 21.8 Å². The minimum absolute atomic E-state index is 0.0558. The Balaban J connectivity index is 1.20. The number of hydrogen-bond acceptors (Lipinski definition) is 2. The Labute approximate surface area is 230 Å². The van der Waals surface area contributed by atoms with Crippen molar-refractivity contribution in [3.8, 4) is 0 Å². The zero-order chi connectivity index (χ0) is 26.6. The molecule has 198 valence electrons. The highest BCUT2D eigenvalue weighted by Gasteiger charge is 2.42. The number of para-hydroxylation sites is 3. The van der Waals surface area contributed by atoms with Crippen molar-refractivity contribution in [2.24, 2.45) is 20.0 Å². The second kappa shape index (κ2) is 9.42. The van der Waals surface area contributed by atoms with E-state index < -0.39 is 0 Å². The Hall–Kier alpha value is -3.83. The molecular weight excluding hydrogens is 480 g/mol. The number of amides is 1. The van der Waals surface area contributed by atoms with Gasteiger partial charge in [-0.3, -0.25) is 4.79 Å². The number of carbonyl (C=O) groups excluding carboxylic acids is 1. The first-order valence-corrected chi connectivity index (χ1v) is 14.2. The first-order valence-electron chi connectivity index (χ1n) is 14.2. The van der Waals surface area contributed by atoms with Gasteiger partial charge in [0.05, 0.1) is 0 Å². The van der Waals surface area contributed by atoms with Crippen molar-refractivity contribution in [3.63, 3.8) is 0 Å². The van der Waals surface area contributed by atoms with Crippen LogP contribution in [0.15, 0.2) is 91.3 Å². The number of anilines is 1. The number of aromatic nitrogens is 2. The smallest absolute Gasteiger partial charge is 0.227 e. The second-order valence-corrected chi connectivity index (χ2v) is 11.6. The van der Waals surface area contributed by atoms with Crippen molar-refractivity contribution < 1.29 is 4.79 Å². The minimum Gasteiger partial charge on any atom is -0.350 e. The molecule has 0 aliphatic carbocycles. The van der Waals surface area contributed by atoms with Crippen LogP contribution in [0, 0.1) is 5.92 Å². The molecule has 0 radical (unpaired) electrons. The van der Waals surface area contributed by atoms with Gasteiger partial charge in [0.25, 0.3) is 0 Å². The number of nitrogens with zero attached hydrogens (tertiary/aromatic N) is 4. The largest absolute Gasteiger partial charge is 0.350 e. The van der Waals surface area contributed by atoms with Gasteiger partial charge in [0.15, 0.2) is 0 Å². The summed E-state index contributed by atoms with van der Waals surface area (Å²) in [4.78, 5) is 17.4. The van der Waals surface area contributed by atoms with E-state index in [2.05, 4.69) is 89.1 Å². The Morgan fingerprint density at radius 2 is 1.28 bits per heavy atom. The van der Waals surface area contributed by atoms with E-state index in [0.717, 1.165) is 44.7 Å². The van der Waals surface area contributed by atoms with Gasteiger partial charge in [0.1, 0.15) is 0 Å². The number of hydrogen-bond donors (Lipinski definition) is 0. The molecule has 1 atom stereocenters. The standard InChI is InChI=1S/C34H36N4O/c1-35-23-29(27-12-6-8-14-31(27)35)34(30-24-36(2)32-15-9-7-13-28(30)32)16-18-37(19-17-34)21-25-20-33(39)38(22-25)26-10-4-3-5-11-26/h3-15,23-25H,16-22H2,1-2H3. The van der Waals surface area contributed by atoms with Gasteiger partial charge in [-0.25, -0.2) is 0 Å². The number of rotatable bonds is 5. The fraction of sp³-hybridized carbons (Fsp3) is 0.324. The van der Waals surface area contributed by atoms with Crippen molar-refractivity contribution in [3.05, 3.63) is 102 Å². The first kappa shape index (κ1) is 24.2. The lowest BCUT2D eigenvalue weighted by atomic mass is 9.67. The van der Waals surface area contributed by atoms with Crippen molar-refractivity contribution in [2.75, 3.05) is 31.1 Å². The van der Waals surface area contributed by atoms with Gasteiger partial charge in [-0.1, -0.05) is 54.6 Å². The molecule has 2 saturated heterocycles. The van der Waals surface area contributed by atoms with E-state index in [-0.39, 0.29) is 11.3 Å². The lowest BCUT2D eigenvalue weighted by Crippen LogP contribution is -2.45. The summed E-state index contributed by atoms with van der Waals surface area (Å²) < 4.78 is 4.60. The van der Waals surface area contributed by atoms with Crippen LogP contribution in [-0.4, -0.2) is 46.1 Å². The van der Waals surface area contributed by atoms with Crippen LogP contribution in [0.1, 0.15) is 30.4 Å². The number of aryl methyl sites for hydroxylation is 2. The Kier molecular flexibility index (Phi) is 5.85. The average Bonchev–Trinajstić information content (AvgIpc) is 3.63. The van der Waals surface area contributed by atoms with Crippen molar-refractivity contribution in [2.45, 2.75) is 24.7 Å². The van der Waals surface area contributed by atoms with Crippen LogP contribution in [0.5, 0.6) is 0 Å². The van der Waals surface area contributed by atoms with Crippen LogP contribution >= 0.6 is 0 Å². The van der Waals surface area contributed by atoms with Crippen LogP contribution in [-0.2, 0) is 24.3 Å². The SMILES string of the molecule is Cn1cc(C2(c3cn(C)c4ccccc34)CCN(CC3CC(=O)N(c4ccccc4)C3)CC2)c2ccccc21. The molecule has 5 heteroatoms. The summed E-state index contributed by atoms with van der Waals surface area (Å²) in [6.07, 6.45) is 7.55. The Morgan fingerprint density at radius 1 is 0.744 bits per heavy atom. The summed E-state index contributed by atoms with van der Waals surface area (Å²) in [5.74, 6) is 0.629. The Bertz CT molecular complexity index is 1570. The molecule has 0 N–H and O–H groups in total. The maximum Gasteiger partial charge on any atom is 0.227 e. The van der Waals surface area contributed by atoms with E-state index in [1.807, 2.05) is 35.2 Å². The lowest BCUT2D eigenvalue weighted by Gasteiger charge is -2.43. The molecule has 0 saturated carbocycles. The summed E-state index contributed by atoms with van der Waals surface area (Å²) in [5, 5.41) is 2.72. The molecule has 5 nitrogen and oxygen atoms in total. The number of piperidine rings is 1. The highest BCUT2D eigenvalue weighted by Crippen LogP contribution is 2.48. The van der Waals surface area contributed by atoms with Gasteiger partial charge in [-0.15, -0.1) is 0 Å². The fourth-order valence-corrected chi connectivity index (χ4v) is 7.37. The quantitative estimate of drug-likeness (QED) is 0.283. The average molecular weight is 517 g/mol. The molecule has 4 heterocycles. The van der Waals surface area contributed by atoms with Crippen molar-refractivity contribution >= 4 is 33.4 Å². The third-order valence-electron chi connectivity index (χ3n) is 9.32. The summed E-state index contributed by atoms with van der Waals surface area (Å²) in [6.45, 7) is 3.86. The maximum atomic E-state index is 12.9. The zero-order valence-electron chi connectivity index (χ0n) is 22.9. The van der Waals surface area contributed by atoms with Gasteiger partial charge in [0.2, 0.25) is 5.91 Å². The number of benzene rings is 3. The summed E-state index contributed by atoms with van der Waals surface area (Å²) in [6, 6.07) is 27.8. The van der Waals surface area contributed by atoms with Gasteiger partial charge in [0, 0.05) is 78.9 Å². The third kappa shape index (κ3) is 3.99. The topological polar surface area (TPSA) is 33.4 Å². The molecule has 0 spiro atoms. The summed E-state index contributed by atoms with van der Waals surface area (Å²) in [5.41, 5.74) is 6.44. The molecule has 1 unspecified atom stereocenters. The zero-order valence-corrected chi connectivity index (χ0v) is 22.9. The van der Waals surface area contributed by atoms with Crippen LogP contribution in [0.2, 0.25) is 0 Å². The second-order valence-electron chi connectivity index (χ2n) is 11.6. The maximum absolute atomic E-state index is 12.9. The molecule has 2 aliphatic heterocycles. The van der Waals surface area contributed by atoms with Crippen LogP contribution in [0.3, 0.4) is 0 Å². The summed E-state index contributed by atoms with van der Waals surface area (Å²) in [7, 11) is 4.35. The molecule has 5 aromatic rings. The monoisotopic (exact) mass is 516 g/mol. The predicted molar refractivity (Wildman–Crippen MR) is 159 cm³/mol. The van der Waals surface area contributed by atoms with Crippen LogP contribution in [0.4, 0.5) is 5.69 Å². The molecule has 2 fully saturated rings. The van der Waals surface area contributed by atoms with Gasteiger partial charge < -0.3 is 18.9 Å². The van der Waals surface area contributed by atoms with Crippen LogP contribution < -0.4 is 4.90 Å². The molecule has 1 amide bonds. The predicted octanol–water partition coefficient (Wildman–Crippen LogP) is 6.11. The molecule has 2 aliphatic rings. The molecule has 2 aromatic heterocycles. The molecule has 7 rings (SSSR count). The van der Waals surface area contributed by atoms with E-state index in [0.29, 0.717) is 12.3 Å². The fourth-order valence-electron chi connectivity index (χ4n) is 7.37. The van der Waals surface area contributed by atoms with Gasteiger partial charge >= 0.3 is 0 Å². The molecule has 0 bridgehead atoms. The van der Waals surface area contributed by atoms with Crippen molar-refractivity contribution in [1.82, 2.24) is 14.0 Å². The number of carbonyl (C=O) groups is 1. The highest BCUT2D eigenvalue weighted by molar-refractivity contribution is 5.95. The van der Waals surface area contributed by atoms with Gasteiger partial charge in [-0.05, 0) is 67.2 Å². The van der Waals surface area contributed by atoms with E-state index in [4.69, 9.17) is 0 Å². The number of fused-ring (bicyclic) bond motifs is 2. The van der Waals surface area contributed by atoms with Crippen molar-refractivity contribution in [1.29, 1.82) is 0 Å². The lowest BCUT2D eigenvalue weighted by molar-refractivity contribution is -0.117. The molecule has 39 heavy (non-hydrogen) atoms. The van der Waals surface area contributed by atoms with Gasteiger partial charge in [-0.2, -0.15) is 0 Å². The van der Waals surface area contributed by atoms with E-state index in [1.165, 1.54) is 32.9 Å². The van der Waals surface area contributed by atoms with E-state index in [9.17, 15) is 4.79 Å². The summed E-state index contributed by atoms with van der Waals surface area (Å²) >= 11 is 0. The minimum atomic E-state index is -0.0558. The molecule has 3 aromatic carbocycles. The highest BCUT2D eigenvalue weighted by atomic mass is 16.2. The third-order valence-corrected chi connectivity index (χ3v) is 9.32. The first-order chi connectivity index (χ1) is 19.0. The molecular formula is C34H36N4O. The van der Waals surface area contributed by atoms with E-state index in [1.54, 1.807) is 0 Å².